The van der Waals surface area contributed by atoms with Crippen molar-refractivity contribution in [3.8, 4) is 0 Å². The van der Waals surface area contributed by atoms with Crippen LogP contribution in [-0.2, 0) is 0 Å². The van der Waals surface area contributed by atoms with E-state index in [4.69, 9.17) is 5.73 Å². The summed E-state index contributed by atoms with van der Waals surface area (Å²) in [5.41, 5.74) is 5.81. The molecular weight excluding hydrogens is 216 g/mol. The molecule has 1 aromatic rings. The van der Waals surface area contributed by atoms with Gasteiger partial charge in [-0.15, -0.1) is 0 Å². The fourth-order valence-electron chi connectivity index (χ4n) is 2.17. The highest BCUT2D eigenvalue weighted by molar-refractivity contribution is 5.73. The molecule has 0 radical (unpaired) electrons. The van der Waals surface area contributed by atoms with Gasteiger partial charge in [0.05, 0.1) is 0 Å². The molecule has 1 aliphatic rings. The quantitative estimate of drug-likeness (QED) is 0.585. The lowest BCUT2D eigenvalue weighted by molar-refractivity contribution is 0.225. The molecule has 0 saturated carbocycles. The van der Waals surface area contributed by atoms with Crippen molar-refractivity contribution < 1.29 is 4.79 Å². The zero-order valence-electron chi connectivity index (χ0n) is 9.70. The fraction of sp³-hybridized carbons (Fsp3) is 0.417. The second-order valence-electron chi connectivity index (χ2n) is 4.31. The third-order valence-corrected chi connectivity index (χ3v) is 2.98. The monoisotopic (exact) mass is 234 g/mol. The fourth-order valence-corrected chi connectivity index (χ4v) is 2.17. The normalized spacial score (nSPS) is 18.4. The molecule has 92 valence electrons. The first-order chi connectivity index (χ1) is 8.20. The first-order valence-electron chi connectivity index (χ1n) is 5.82. The summed E-state index contributed by atoms with van der Waals surface area (Å²) in [4.78, 5) is 11.1. The van der Waals surface area contributed by atoms with Gasteiger partial charge in [0.1, 0.15) is 5.66 Å². The highest BCUT2D eigenvalue weighted by atomic mass is 16.2. The molecule has 5 N–H and O–H groups in total. The Morgan fingerprint density at radius 3 is 2.47 bits per heavy atom. The number of para-hydroxylation sites is 1. The molecule has 0 aromatic heterocycles. The van der Waals surface area contributed by atoms with E-state index in [1.54, 1.807) is 0 Å². The summed E-state index contributed by atoms with van der Waals surface area (Å²) in [6.07, 6.45) is 1.62. The zero-order valence-corrected chi connectivity index (χ0v) is 9.70. The first kappa shape index (κ1) is 11.7. The summed E-state index contributed by atoms with van der Waals surface area (Å²) < 4.78 is 0. The van der Waals surface area contributed by atoms with E-state index < -0.39 is 11.7 Å². The summed E-state index contributed by atoms with van der Waals surface area (Å²) in [6, 6.07) is 9.35. The van der Waals surface area contributed by atoms with E-state index in [2.05, 4.69) is 16.0 Å². The van der Waals surface area contributed by atoms with E-state index in [-0.39, 0.29) is 0 Å². The lowest BCUT2D eigenvalue weighted by Crippen LogP contribution is -2.60. The molecule has 0 spiro atoms. The van der Waals surface area contributed by atoms with Crippen molar-refractivity contribution in [3.05, 3.63) is 30.3 Å². The molecule has 5 heteroatoms. The zero-order chi connectivity index (χ0) is 12.1. The van der Waals surface area contributed by atoms with Crippen molar-refractivity contribution in [2.45, 2.75) is 18.5 Å². The number of amides is 2. The number of urea groups is 1. The van der Waals surface area contributed by atoms with Gasteiger partial charge >= 0.3 is 6.03 Å². The summed E-state index contributed by atoms with van der Waals surface area (Å²) in [5, 5.41) is 9.47. The van der Waals surface area contributed by atoms with Gasteiger partial charge in [-0.2, -0.15) is 0 Å². The highest BCUT2D eigenvalue weighted by Crippen LogP contribution is 2.21. The maximum Gasteiger partial charge on any atom is 0.313 e. The molecule has 5 nitrogen and oxygen atoms in total. The van der Waals surface area contributed by atoms with Crippen molar-refractivity contribution in [1.82, 2.24) is 10.6 Å². The van der Waals surface area contributed by atoms with Crippen LogP contribution in [0.3, 0.4) is 0 Å². The molecule has 2 rings (SSSR count). The molecule has 1 aliphatic heterocycles. The topological polar surface area (TPSA) is 79.2 Å². The van der Waals surface area contributed by atoms with E-state index in [0.29, 0.717) is 0 Å². The Bertz CT molecular complexity index is 373. The maximum absolute atomic E-state index is 11.1. The average molecular weight is 234 g/mol. The van der Waals surface area contributed by atoms with Crippen molar-refractivity contribution in [2.75, 3.05) is 18.4 Å². The third kappa shape index (κ3) is 3.10. The maximum atomic E-state index is 11.1. The van der Waals surface area contributed by atoms with E-state index in [9.17, 15) is 4.79 Å². The number of hydrogen-bond donors (Lipinski definition) is 4. The molecule has 1 saturated heterocycles. The number of hydrogen-bond acceptors (Lipinski definition) is 3. The van der Waals surface area contributed by atoms with Gasteiger partial charge in [0, 0.05) is 18.5 Å². The van der Waals surface area contributed by atoms with Crippen LogP contribution in [0.4, 0.5) is 10.5 Å². The molecule has 1 aromatic carbocycles. The second kappa shape index (κ2) is 5.05. The van der Waals surface area contributed by atoms with E-state index in [1.807, 2.05) is 30.3 Å². The number of nitrogens with one attached hydrogen (secondary N) is 3. The van der Waals surface area contributed by atoms with Gasteiger partial charge in [-0.25, -0.2) is 4.79 Å². The number of rotatable bonds is 3. The number of carbonyl (C=O) groups excluding carboxylic acids is 1. The van der Waals surface area contributed by atoms with Crippen LogP contribution in [0.15, 0.2) is 30.3 Å². The van der Waals surface area contributed by atoms with E-state index in [1.165, 1.54) is 0 Å². The molecule has 2 amide bonds. The van der Waals surface area contributed by atoms with Crippen LogP contribution in [-0.4, -0.2) is 24.8 Å². The summed E-state index contributed by atoms with van der Waals surface area (Å²) in [5.74, 6) is 0. The predicted molar refractivity (Wildman–Crippen MR) is 67.6 cm³/mol. The van der Waals surface area contributed by atoms with Crippen LogP contribution < -0.4 is 21.7 Å². The van der Waals surface area contributed by atoms with E-state index in [0.717, 1.165) is 31.6 Å². The minimum atomic E-state index is -0.490. The van der Waals surface area contributed by atoms with Crippen molar-refractivity contribution in [2.24, 2.45) is 5.73 Å². The van der Waals surface area contributed by atoms with Crippen LogP contribution >= 0.6 is 0 Å². The van der Waals surface area contributed by atoms with Crippen LogP contribution in [0.1, 0.15) is 12.8 Å². The van der Waals surface area contributed by atoms with Crippen molar-refractivity contribution >= 4 is 11.7 Å². The lowest BCUT2D eigenvalue weighted by Gasteiger charge is -2.39. The predicted octanol–water partition coefficient (Wildman–Crippen LogP) is 0.846. The first-order valence-corrected chi connectivity index (χ1v) is 5.82. The third-order valence-electron chi connectivity index (χ3n) is 2.98. The number of nitrogens with two attached hydrogens (primary N) is 1. The molecule has 0 aliphatic carbocycles. The smallest absolute Gasteiger partial charge is 0.313 e. The SMILES string of the molecule is NC(=O)NC1(Nc2ccccc2)CCNCC1. The number of carbonyl (C=O) groups is 1. The minimum Gasteiger partial charge on any atom is -0.363 e. The van der Waals surface area contributed by atoms with Crippen molar-refractivity contribution in [1.29, 1.82) is 0 Å². The molecular formula is C12H18N4O. The van der Waals surface area contributed by atoms with Crippen LogP contribution in [0.5, 0.6) is 0 Å². The Kier molecular flexibility index (Phi) is 3.49. The van der Waals surface area contributed by atoms with Gasteiger partial charge in [-0.3, -0.25) is 0 Å². The Morgan fingerprint density at radius 2 is 1.88 bits per heavy atom. The van der Waals surface area contributed by atoms with Gasteiger partial charge < -0.3 is 21.7 Å². The molecule has 0 bridgehead atoms. The van der Waals surface area contributed by atoms with Gasteiger partial charge in [-0.1, -0.05) is 18.2 Å². The number of anilines is 1. The van der Waals surface area contributed by atoms with Gasteiger partial charge in [-0.05, 0) is 25.2 Å². The minimum absolute atomic E-state index is 0.432. The van der Waals surface area contributed by atoms with Crippen LogP contribution in [0.25, 0.3) is 0 Å². The van der Waals surface area contributed by atoms with Gasteiger partial charge in [0.25, 0.3) is 0 Å². The largest absolute Gasteiger partial charge is 0.363 e. The standard InChI is InChI=1S/C12H18N4O/c13-11(17)16-12(6-8-14-9-7-12)15-10-4-2-1-3-5-10/h1-5,14-15H,6-9H2,(H3,13,16,17). The van der Waals surface area contributed by atoms with Crippen LogP contribution in [0.2, 0.25) is 0 Å². The number of piperidine rings is 1. The Morgan fingerprint density at radius 1 is 1.24 bits per heavy atom. The van der Waals surface area contributed by atoms with Crippen LogP contribution in [0, 0.1) is 0 Å². The molecule has 1 heterocycles. The van der Waals surface area contributed by atoms with Gasteiger partial charge in [0.15, 0.2) is 0 Å². The number of primary amides is 1. The molecule has 0 unspecified atom stereocenters. The Hall–Kier alpha value is -1.75. The molecule has 17 heavy (non-hydrogen) atoms. The highest BCUT2D eigenvalue weighted by Gasteiger charge is 2.32. The average Bonchev–Trinajstić information content (AvgIpc) is 2.30. The lowest BCUT2D eigenvalue weighted by atomic mass is 9.97. The summed E-state index contributed by atoms with van der Waals surface area (Å²) in [7, 11) is 0. The summed E-state index contributed by atoms with van der Waals surface area (Å²) in [6.45, 7) is 1.72. The number of benzene rings is 1. The summed E-state index contributed by atoms with van der Waals surface area (Å²) >= 11 is 0. The van der Waals surface area contributed by atoms with E-state index >= 15 is 0 Å². The second-order valence-corrected chi connectivity index (χ2v) is 4.31. The Balaban J connectivity index is 2.12. The van der Waals surface area contributed by atoms with Crippen molar-refractivity contribution in [3.63, 3.8) is 0 Å². The van der Waals surface area contributed by atoms with Gasteiger partial charge in [0.2, 0.25) is 0 Å². The Labute approximate surface area is 101 Å². The molecule has 1 fully saturated rings. The molecule has 0 atom stereocenters.